The maximum atomic E-state index is 12.9. The van der Waals surface area contributed by atoms with E-state index in [9.17, 15) is 9.59 Å². The number of nitrogens with one attached hydrogen (secondary N) is 2. The third-order valence-electron chi connectivity index (χ3n) is 5.80. The number of aromatic amines is 1. The van der Waals surface area contributed by atoms with Crippen LogP contribution in [0.15, 0.2) is 33.8 Å². The summed E-state index contributed by atoms with van der Waals surface area (Å²) >= 11 is 0. The van der Waals surface area contributed by atoms with Gasteiger partial charge in [-0.05, 0) is 24.1 Å². The van der Waals surface area contributed by atoms with Gasteiger partial charge in [-0.15, -0.1) is 0 Å². The van der Waals surface area contributed by atoms with Gasteiger partial charge in [0.1, 0.15) is 5.76 Å². The predicted octanol–water partition coefficient (Wildman–Crippen LogP) is 1.57. The van der Waals surface area contributed by atoms with Gasteiger partial charge < -0.3 is 14.5 Å². The monoisotopic (exact) mass is 409 g/mol. The van der Waals surface area contributed by atoms with Crippen LogP contribution >= 0.6 is 0 Å². The van der Waals surface area contributed by atoms with Crippen molar-refractivity contribution in [1.29, 1.82) is 0 Å². The SMILES string of the molecule is O=C1C[C@H](c2ccco2)Cc2c1cnc1nc(NCCN3CCOCC3)[nH]c(=O)c21. The third-order valence-corrected chi connectivity index (χ3v) is 5.80. The van der Waals surface area contributed by atoms with Crippen molar-refractivity contribution in [1.82, 2.24) is 19.9 Å². The molecule has 4 heterocycles. The van der Waals surface area contributed by atoms with Gasteiger partial charge in [0, 0.05) is 50.3 Å². The first-order chi connectivity index (χ1) is 14.7. The molecular formula is C21H23N5O4. The van der Waals surface area contributed by atoms with Gasteiger partial charge in [-0.25, -0.2) is 4.98 Å². The molecule has 30 heavy (non-hydrogen) atoms. The van der Waals surface area contributed by atoms with Crippen molar-refractivity contribution in [2.24, 2.45) is 0 Å². The van der Waals surface area contributed by atoms with Crippen LogP contribution in [0.4, 0.5) is 5.95 Å². The molecule has 2 N–H and O–H groups in total. The minimum atomic E-state index is -0.286. The van der Waals surface area contributed by atoms with Crippen molar-refractivity contribution in [3.8, 4) is 0 Å². The van der Waals surface area contributed by atoms with Crippen molar-refractivity contribution in [3.05, 3.63) is 51.8 Å². The van der Waals surface area contributed by atoms with Gasteiger partial charge >= 0.3 is 0 Å². The standard InChI is InChI=1S/C21H23N5O4/c27-16-11-13(17-2-1-7-30-17)10-14-15(16)12-23-19-18(14)20(28)25-21(24-19)22-3-4-26-5-8-29-9-6-26/h1-2,7,12-13H,3-6,8-11H2,(H2,22,23,24,25,28)/t13-/m1/s1. The van der Waals surface area contributed by atoms with Crippen LogP contribution in [-0.2, 0) is 11.2 Å². The number of rotatable bonds is 5. The Morgan fingerprint density at radius 3 is 2.90 bits per heavy atom. The lowest BCUT2D eigenvalue weighted by molar-refractivity contribution is 0.0398. The first kappa shape index (κ1) is 19.0. The van der Waals surface area contributed by atoms with E-state index in [1.165, 1.54) is 0 Å². The summed E-state index contributed by atoms with van der Waals surface area (Å²) < 4.78 is 10.9. The number of nitrogens with zero attached hydrogens (tertiary/aromatic N) is 3. The molecule has 1 fully saturated rings. The lowest BCUT2D eigenvalue weighted by Gasteiger charge is -2.26. The quantitative estimate of drug-likeness (QED) is 0.653. The highest BCUT2D eigenvalue weighted by Crippen LogP contribution is 2.34. The summed E-state index contributed by atoms with van der Waals surface area (Å²) in [4.78, 5) is 39.5. The number of anilines is 1. The molecule has 0 aromatic carbocycles. The van der Waals surface area contributed by atoms with Crippen LogP contribution in [0.2, 0.25) is 0 Å². The molecule has 1 saturated heterocycles. The molecule has 0 saturated carbocycles. The van der Waals surface area contributed by atoms with Crippen molar-refractivity contribution in [2.75, 3.05) is 44.7 Å². The van der Waals surface area contributed by atoms with Crippen molar-refractivity contribution in [2.45, 2.75) is 18.8 Å². The molecule has 0 amide bonds. The summed E-state index contributed by atoms with van der Waals surface area (Å²) in [6.07, 6.45) is 4.04. The maximum absolute atomic E-state index is 12.9. The van der Waals surface area contributed by atoms with E-state index in [4.69, 9.17) is 9.15 Å². The number of aromatic nitrogens is 3. The molecule has 156 valence electrons. The molecule has 3 aromatic rings. The molecule has 0 bridgehead atoms. The minimum Gasteiger partial charge on any atom is -0.469 e. The van der Waals surface area contributed by atoms with Crippen LogP contribution in [0.25, 0.3) is 11.0 Å². The van der Waals surface area contributed by atoms with Gasteiger partial charge in [0.2, 0.25) is 5.95 Å². The summed E-state index contributed by atoms with van der Waals surface area (Å²) in [6, 6.07) is 3.68. The number of carbonyl (C=O) groups is 1. The Morgan fingerprint density at radius 2 is 2.10 bits per heavy atom. The number of hydrogen-bond donors (Lipinski definition) is 2. The van der Waals surface area contributed by atoms with E-state index in [-0.39, 0.29) is 17.3 Å². The van der Waals surface area contributed by atoms with Crippen molar-refractivity contribution in [3.63, 3.8) is 0 Å². The number of carbonyl (C=O) groups excluding carboxylic acids is 1. The molecule has 9 heteroatoms. The van der Waals surface area contributed by atoms with Gasteiger partial charge in [-0.1, -0.05) is 0 Å². The molecule has 5 rings (SSSR count). The number of fused-ring (bicyclic) bond motifs is 3. The lowest BCUT2D eigenvalue weighted by Crippen LogP contribution is -2.39. The fraction of sp³-hybridized carbons (Fsp3) is 0.429. The number of Topliss-reactive ketones (excluding diaryl/α,β-unsaturated/α-hetero) is 1. The molecule has 0 unspecified atom stereocenters. The number of pyridine rings is 1. The second-order valence-corrected chi connectivity index (χ2v) is 7.69. The number of furan rings is 1. The molecule has 1 atom stereocenters. The number of H-pyrrole nitrogens is 1. The van der Waals surface area contributed by atoms with E-state index in [1.54, 1.807) is 12.5 Å². The van der Waals surface area contributed by atoms with Gasteiger partial charge in [-0.3, -0.25) is 19.5 Å². The smallest absolute Gasteiger partial charge is 0.262 e. The first-order valence-electron chi connectivity index (χ1n) is 10.2. The average molecular weight is 409 g/mol. The lowest BCUT2D eigenvalue weighted by atomic mass is 9.81. The van der Waals surface area contributed by atoms with Gasteiger partial charge in [-0.2, -0.15) is 4.98 Å². The molecular weight excluding hydrogens is 386 g/mol. The van der Waals surface area contributed by atoms with E-state index in [0.29, 0.717) is 47.5 Å². The fourth-order valence-electron chi connectivity index (χ4n) is 4.24. The van der Waals surface area contributed by atoms with Crippen LogP contribution in [-0.4, -0.2) is 65.0 Å². The largest absolute Gasteiger partial charge is 0.469 e. The maximum Gasteiger partial charge on any atom is 0.262 e. The average Bonchev–Trinajstić information content (AvgIpc) is 3.29. The van der Waals surface area contributed by atoms with Crippen LogP contribution < -0.4 is 10.9 Å². The Labute approximate surface area is 172 Å². The zero-order valence-electron chi connectivity index (χ0n) is 16.5. The van der Waals surface area contributed by atoms with Crippen LogP contribution in [0.5, 0.6) is 0 Å². The highest BCUT2D eigenvalue weighted by atomic mass is 16.5. The van der Waals surface area contributed by atoms with Crippen LogP contribution in [0.1, 0.15) is 34.0 Å². The van der Waals surface area contributed by atoms with Crippen LogP contribution in [0.3, 0.4) is 0 Å². The molecule has 0 radical (unpaired) electrons. The zero-order chi connectivity index (χ0) is 20.5. The van der Waals surface area contributed by atoms with E-state index in [2.05, 4.69) is 25.2 Å². The van der Waals surface area contributed by atoms with E-state index in [1.807, 2.05) is 12.1 Å². The topological polar surface area (TPSA) is 113 Å². The van der Waals surface area contributed by atoms with Crippen molar-refractivity contribution >= 4 is 22.8 Å². The second-order valence-electron chi connectivity index (χ2n) is 7.69. The van der Waals surface area contributed by atoms with E-state index >= 15 is 0 Å². The fourth-order valence-corrected chi connectivity index (χ4v) is 4.24. The van der Waals surface area contributed by atoms with E-state index in [0.717, 1.165) is 38.6 Å². The van der Waals surface area contributed by atoms with Gasteiger partial charge in [0.25, 0.3) is 5.56 Å². The third kappa shape index (κ3) is 3.61. The second kappa shape index (κ2) is 8.00. The molecule has 1 aliphatic carbocycles. The summed E-state index contributed by atoms with van der Waals surface area (Å²) in [5.74, 6) is 1.03. The molecule has 9 nitrogen and oxygen atoms in total. The summed E-state index contributed by atoms with van der Waals surface area (Å²) in [5, 5.41) is 3.56. The summed E-state index contributed by atoms with van der Waals surface area (Å²) in [7, 11) is 0. The number of hydrogen-bond acceptors (Lipinski definition) is 8. The number of ketones is 1. The predicted molar refractivity (Wildman–Crippen MR) is 110 cm³/mol. The summed E-state index contributed by atoms with van der Waals surface area (Å²) in [5.41, 5.74) is 1.27. The number of ether oxygens (including phenoxy) is 1. The Hall–Kier alpha value is -3.04. The molecule has 2 aliphatic rings. The zero-order valence-corrected chi connectivity index (χ0v) is 16.5. The van der Waals surface area contributed by atoms with E-state index < -0.39 is 0 Å². The Morgan fingerprint density at radius 1 is 1.23 bits per heavy atom. The molecule has 1 aliphatic heterocycles. The molecule has 0 spiro atoms. The highest BCUT2D eigenvalue weighted by Gasteiger charge is 2.30. The Balaban J connectivity index is 1.40. The Bertz CT molecular complexity index is 1120. The van der Waals surface area contributed by atoms with Gasteiger partial charge in [0.15, 0.2) is 11.4 Å². The summed E-state index contributed by atoms with van der Waals surface area (Å²) in [6.45, 7) is 4.79. The highest BCUT2D eigenvalue weighted by molar-refractivity contribution is 6.02. The normalized spacial score (nSPS) is 19.7. The Kier molecular flexibility index (Phi) is 5.06. The molecule has 3 aromatic heterocycles. The van der Waals surface area contributed by atoms with Crippen molar-refractivity contribution < 1.29 is 13.9 Å². The minimum absolute atomic E-state index is 0.0286. The first-order valence-corrected chi connectivity index (χ1v) is 10.2. The van der Waals surface area contributed by atoms with Gasteiger partial charge in [0.05, 0.1) is 24.9 Å². The van der Waals surface area contributed by atoms with Crippen LogP contribution in [0, 0.1) is 0 Å². The number of morpholine rings is 1.